The van der Waals surface area contributed by atoms with Crippen molar-refractivity contribution >= 4 is 46.5 Å². The number of hydrogen-bond acceptors (Lipinski definition) is 7. The van der Waals surface area contributed by atoms with E-state index in [4.69, 9.17) is 37.4 Å². The van der Waals surface area contributed by atoms with Gasteiger partial charge in [0, 0.05) is 47.1 Å². The van der Waals surface area contributed by atoms with Crippen molar-refractivity contribution in [1.82, 2.24) is 9.80 Å². The predicted molar refractivity (Wildman–Crippen MR) is 157 cm³/mol. The topological polar surface area (TPSA) is 111 Å². The molecule has 2 N–H and O–H groups in total. The number of Topliss-reactive ketones (excluding diaryl/α,β-unsaturated/α-hetero) is 1. The number of ether oxygens (including phenoxy) is 3. The second-order valence-electron chi connectivity index (χ2n) is 11.9. The van der Waals surface area contributed by atoms with Gasteiger partial charge in [0.1, 0.15) is 17.6 Å². The van der Waals surface area contributed by atoms with Crippen molar-refractivity contribution in [3.63, 3.8) is 0 Å². The zero-order valence-corrected chi connectivity index (χ0v) is 25.7. The van der Waals surface area contributed by atoms with E-state index in [1.165, 1.54) is 21.1 Å². The van der Waals surface area contributed by atoms with Gasteiger partial charge in [-0.05, 0) is 25.1 Å². The zero-order valence-electron chi connectivity index (χ0n) is 24.2. The number of benzene rings is 2. The maximum atomic E-state index is 14.7. The molecule has 4 rings (SSSR count). The van der Waals surface area contributed by atoms with Gasteiger partial charge in [0.05, 0.1) is 31.7 Å². The fraction of sp³-hybridized carbons (Fsp3) is 0.500. The fourth-order valence-electron chi connectivity index (χ4n) is 6.62. The lowest BCUT2D eigenvalue weighted by Gasteiger charge is -2.54. The van der Waals surface area contributed by atoms with Crippen molar-refractivity contribution in [2.45, 2.75) is 45.8 Å². The third-order valence-corrected chi connectivity index (χ3v) is 8.77. The first-order valence-corrected chi connectivity index (χ1v) is 14.2. The van der Waals surface area contributed by atoms with Gasteiger partial charge < -0.3 is 24.6 Å². The molecule has 0 aliphatic carbocycles. The molecule has 2 aromatic rings. The number of piperidine rings is 1. The highest BCUT2D eigenvalue weighted by Crippen LogP contribution is 2.52. The molecule has 0 aromatic heterocycles. The van der Waals surface area contributed by atoms with Gasteiger partial charge in [-0.2, -0.15) is 0 Å². The van der Waals surface area contributed by atoms with E-state index in [0.29, 0.717) is 39.9 Å². The molecule has 1 saturated heterocycles. The lowest BCUT2D eigenvalue weighted by molar-refractivity contribution is -0.170. The van der Waals surface area contributed by atoms with Gasteiger partial charge in [-0.1, -0.05) is 50.0 Å². The summed E-state index contributed by atoms with van der Waals surface area (Å²) in [5.74, 6) is -2.25. The summed E-state index contributed by atoms with van der Waals surface area (Å²) >= 11 is 13.4. The molecule has 2 aromatic carbocycles. The standard InChI is InChI=1S/C30H36Cl2N2O7/c1-17(35)21-14-33-12-11-30(21,28(37)38)34(16-29(2,3)4)22-9-7-18(31)13-20(22)26(41-15-24(34)36)19-8-10-23(39-5)27(40-6)25(19)32/h7-10,13,21,26,33H,11-12,14-16H2,1-6H3/p+1/t21-,26?,30+,34+/m1/s1. The van der Waals surface area contributed by atoms with E-state index in [-0.39, 0.29) is 30.3 Å². The van der Waals surface area contributed by atoms with Crippen LogP contribution >= 0.6 is 23.2 Å². The number of methoxy groups -OCH3 is 2. The summed E-state index contributed by atoms with van der Waals surface area (Å²) in [6.07, 6.45) is -0.846. The Hall–Kier alpha value is -2.69. The first-order chi connectivity index (χ1) is 19.2. The minimum Gasteiger partial charge on any atom is -0.493 e. The zero-order chi connectivity index (χ0) is 30.3. The summed E-state index contributed by atoms with van der Waals surface area (Å²) in [6, 6.07) is 8.43. The molecule has 11 heteroatoms. The minimum atomic E-state index is -1.80. The Morgan fingerprint density at radius 3 is 2.44 bits per heavy atom. The molecular formula is C30H37Cl2N2O7+. The number of fused-ring (bicyclic) bond motifs is 1. The molecule has 2 aliphatic heterocycles. The van der Waals surface area contributed by atoms with Gasteiger partial charge in [-0.15, -0.1) is 0 Å². The molecule has 2 heterocycles. The van der Waals surface area contributed by atoms with Crippen LogP contribution in [0.1, 0.15) is 51.3 Å². The number of carbonyl (C=O) groups is 3. The van der Waals surface area contributed by atoms with Gasteiger partial charge in [-0.3, -0.25) is 4.79 Å². The highest BCUT2D eigenvalue weighted by Gasteiger charge is 2.70. The van der Waals surface area contributed by atoms with Crippen LogP contribution in [0.3, 0.4) is 0 Å². The van der Waals surface area contributed by atoms with Gasteiger partial charge in [0.25, 0.3) is 0 Å². The fourth-order valence-corrected chi connectivity index (χ4v) is 7.14. The molecule has 2 aliphatic rings. The first kappa shape index (κ1) is 31.3. The lowest BCUT2D eigenvalue weighted by Crippen LogP contribution is -2.80. The number of carbonyl (C=O) groups excluding carboxylic acids is 2. The Morgan fingerprint density at radius 2 is 1.85 bits per heavy atom. The van der Waals surface area contributed by atoms with Crippen LogP contribution in [0.15, 0.2) is 30.3 Å². The van der Waals surface area contributed by atoms with E-state index in [9.17, 15) is 19.5 Å². The Balaban J connectivity index is 2.13. The van der Waals surface area contributed by atoms with Gasteiger partial charge >= 0.3 is 11.9 Å². The Kier molecular flexibility index (Phi) is 8.79. The van der Waals surface area contributed by atoms with E-state index in [2.05, 4.69) is 5.32 Å². The van der Waals surface area contributed by atoms with Gasteiger partial charge in [0.2, 0.25) is 5.54 Å². The third-order valence-electron chi connectivity index (χ3n) is 8.14. The van der Waals surface area contributed by atoms with Crippen LogP contribution in [0.25, 0.3) is 0 Å². The molecule has 0 spiro atoms. The van der Waals surface area contributed by atoms with Crippen molar-refractivity contribution in [2.24, 2.45) is 11.3 Å². The molecule has 9 nitrogen and oxygen atoms in total. The van der Waals surface area contributed by atoms with E-state index in [0.717, 1.165) is 0 Å². The summed E-state index contributed by atoms with van der Waals surface area (Å²) in [6.45, 7) is 7.36. The number of ketones is 1. The third kappa shape index (κ3) is 5.12. The average molecular weight is 609 g/mol. The average Bonchev–Trinajstić information content (AvgIpc) is 3.02. The van der Waals surface area contributed by atoms with Crippen LogP contribution in [0.2, 0.25) is 10.0 Å². The smallest absolute Gasteiger partial charge is 0.367 e. The summed E-state index contributed by atoms with van der Waals surface area (Å²) in [5.41, 5.74) is -0.943. The van der Waals surface area contributed by atoms with E-state index >= 15 is 0 Å². The Bertz CT molecular complexity index is 1380. The Labute approximate surface area is 250 Å². The molecule has 0 saturated carbocycles. The summed E-state index contributed by atoms with van der Waals surface area (Å²) in [4.78, 5) is 41.4. The van der Waals surface area contributed by atoms with Crippen molar-refractivity contribution in [3.05, 3.63) is 51.5 Å². The lowest BCUT2D eigenvalue weighted by atomic mass is 9.70. The van der Waals surface area contributed by atoms with Crippen molar-refractivity contribution in [3.8, 4) is 11.5 Å². The van der Waals surface area contributed by atoms with Crippen molar-refractivity contribution < 1.29 is 33.7 Å². The highest BCUT2D eigenvalue weighted by atomic mass is 35.5. The normalized spacial score (nSPS) is 26.6. The number of carboxylic acid groups (broad SMARTS) is 1. The number of hydrogen-bond donors (Lipinski definition) is 2. The number of nitrogens with zero attached hydrogens (tertiary/aromatic N) is 1. The molecule has 1 unspecified atom stereocenters. The molecule has 41 heavy (non-hydrogen) atoms. The molecule has 0 radical (unpaired) electrons. The number of amides is 1. The summed E-state index contributed by atoms with van der Waals surface area (Å²) in [5, 5.41) is 14.9. The van der Waals surface area contributed by atoms with Crippen molar-refractivity contribution in [1.29, 1.82) is 0 Å². The number of quaternary nitrogens is 1. The number of rotatable bonds is 7. The van der Waals surface area contributed by atoms with Crippen LogP contribution in [-0.4, -0.2) is 68.8 Å². The van der Waals surface area contributed by atoms with E-state index < -0.39 is 45.9 Å². The van der Waals surface area contributed by atoms with Crippen LogP contribution < -0.4 is 19.3 Å². The Morgan fingerprint density at radius 1 is 1.15 bits per heavy atom. The monoisotopic (exact) mass is 607 g/mol. The molecule has 4 atom stereocenters. The first-order valence-electron chi connectivity index (χ1n) is 13.4. The second kappa shape index (κ2) is 11.5. The van der Waals surface area contributed by atoms with Crippen LogP contribution in [0.4, 0.5) is 5.69 Å². The summed E-state index contributed by atoms with van der Waals surface area (Å²) < 4.78 is 16.6. The molecule has 1 amide bonds. The highest BCUT2D eigenvalue weighted by molar-refractivity contribution is 6.33. The predicted octanol–water partition coefficient (Wildman–Crippen LogP) is 5.03. The van der Waals surface area contributed by atoms with Crippen LogP contribution in [0, 0.1) is 11.3 Å². The number of halogens is 2. The quantitative estimate of drug-likeness (QED) is 0.421. The molecule has 0 bridgehead atoms. The van der Waals surface area contributed by atoms with Gasteiger partial charge in [0.15, 0.2) is 18.1 Å². The van der Waals surface area contributed by atoms with Crippen molar-refractivity contribution in [2.75, 3.05) is 40.5 Å². The molecule has 1 fully saturated rings. The largest absolute Gasteiger partial charge is 0.493 e. The SMILES string of the molecule is COc1ccc(C2OCC(=O)[N@@+](CC(C)(C)C)([C@@]3(C(=O)O)CCNC[C@@H]3C(C)=O)c3ccc(Cl)cc32)c(Cl)c1OC. The van der Waals surface area contributed by atoms with E-state index in [1.54, 1.807) is 30.3 Å². The number of nitrogens with one attached hydrogen (secondary N) is 1. The maximum absolute atomic E-state index is 14.7. The van der Waals surface area contributed by atoms with Crippen LogP contribution in [-0.2, 0) is 19.1 Å². The second-order valence-corrected chi connectivity index (χ2v) is 12.7. The molecular weight excluding hydrogens is 571 g/mol. The maximum Gasteiger partial charge on any atom is 0.367 e. The van der Waals surface area contributed by atoms with Crippen LogP contribution in [0.5, 0.6) is 11.5 Å². The number of carboxylic acids is 1. The van der Waals surface area contributed by atoms with Gasteiger partial charge in [-0.25, -0.2) is 14.1 Å². The minimum absolute atomic E-state index is 0.0538. The number of aliphatic carboxylic acids is 1. The molecule has 222 valence electrons. The van der Waals surface area contributed by atoms with E-state index in [1.807, 2.05) is 20.8 Å². The summed E-state index contributed by atoms with van der Waals surface area (Å²) in [7, 11) is 2.97.